The van der Waals surface area contributed by atoms with E-state index in [1.165, 1.54) is 24.2 Å². The predicted octanol–water partition coefficient (Wildman–Crippen LogP) is 0.753. The number of thioether (sulfide) groups is 1. The Balaban J connectivity index is 1.70. The Hall–Kier alpha value is 0.220. The molecule has 0 unspecified atom stereocenters. The molecule has 0 bridgehead atoms. The van der Waals surface area contributed by atoms with Crippen LogP contribution in [0.3, 0.4) is 0 Å². The van der Waals surface area contributed by atoms with Gasteiger partial charge in [-0.2, -0.15) is 11.8 Å². The van der Waals surface area contributed by atoms with E-state index in [9.17, 15) is 8.42 Å². The summed E-state index contributed by atoms with van der Waals surface area (Å²) in [6, 6.07) is 0.781. The van der Waals surface area contributed by atoms with Crippen molar-refractivity contribution in [1.29, 1.82) is 0 Å². The lowest BCUT2D eigenvalue weighted by atomic mass is 9.96. The fourth-order valence-corrected chi connectivity index (χ4v) is 4.39. The van der Waals surface area contributed by atoms with E-state index in [0.717, 1.165) is 32.0 Å². The second kappa shape index (κ2) is 5.91. The molecule has 4 nitrogen and oxygen atoms in total. The van der Waals surface area contributed by atoms with Crippen LogP contribution in [0.1, 0.15) is 19.3 Å². The van der Waals surface area contributed by atoms with Crippen molar-refractivity contribution in [2.45, 2.75) is 25.3 Å². The Morgan fingerprint density at radius 1 is 1.29 bits per heavy atom. The van der Waals surface area contributed by atoms with E-state index in [0.29, 0.717) is 12.5 Å². The molecule has 1 N–H and O–H groups in total. The fraction of sp³-hybridized carbons (Fsp3) is 1.00. The molecule has 2 rings (SSSR count). The quantitative estimate of drug-likeness (QED) is 0.824. The first-order valence-corrected chi connectivity index (χ1v) is 9.35. The smallest absolute Gasteiger partial charge is 0.208 e. The molecule has 0 aliphatic carbocycles. The number of likely N-dealkylation sites (tertiary alicyclic amines) is 1. The standard InChI is InChI=1S/C11H22N2O2S2/c1-17(14,15)12-8-10-2-5-13(6-3-10)11-4-7-16-9-11/h10-12H,2-9H2,1H3/t11-/m1/s1. The summed E-state index contributed by atoms with van der Waals surface area (Å²) in [7, 11) is -3.02. The average Bonchev–Trinajstić information content (AvgIpc) is 2.79. The van der Waals surface area contributed by atoms with E-state index in [2.05, 4.69) is 21.4 Å². The molecular formula is C11H22N2O2S2. The van der Waals surface area contributed by atoms with E-state index < -0.39 is 10.0 Å². The zero-order chi connectivity index (χ0) is 12.3. The van der Waals surface area contributed by atoms with Crippen LogP contribution < -0.4 is 4.72 Å². The van der Waals surface area contributed by atoms with Crippen molar-refractivity contribution in [2.75, 3.05) is 37.4 Å². The summed E-state index contributed by atoms with van der Waals surface area (Å²) in [6.45, 7) is 2.90. The Kier molecular flexibility index (Phi) is 4.74. The molecule has 0 aromatic heterocycles. The zero-order valence-electron chi connectivity index (χ0n) is 10.4. The minimum Gasteiger partial charge on any atom is -0.300 e. The highest BCUT2D eigenvalue weighted by molar-refractivity contribution is 7.99. The van der Waals surface area contributed by atoms with E-state index >= 15 is 0 Å². The maximum atomic E-state index is 11.0. The topological polar surface area (TPSA) is 49.4 Å². The summed E-state index contributed by atoms with van der Waals surface area (Å²) in [4.78, 5) is 2.59. The second-order valence-corrected chi connectivity index (χ2v) is 8.10. The van der Waals surface area contributed by atoms with Gasteiger partial charge in [0.1, 0.15) is 0 Å². The molecule has 0 saturated carbocycles. The van der Waals surface area contributed by atoms with Crippen LogP contribution in [0.2, 0.25) is 0 Å². The molecule has 6 heteroatoms. The van der Waals surface area contributed by atoms with Crippen LogP contribution in [-0.4, -0.2) is 56.8 Å². The summed E-state index contributed by atoms with van der Waals surface area (Å²) in [5.74, 6) is 3.11. The molecule has 2 heterocycles. The number of hydrogen-bond acceptors (Lipinski definition) is 4. The van der Waals surface area contributed by atoms with E-state index in [4.69, 9.17) is 0 Å². The Morgan fingerprint density at radius 2 is 2.00 bits per heavy atom. The predicted molar refractivity (Wildman–Crippen MR) is 72.9 cm³/mol. The van der Waals surface area contributed by atoms with Gasteiger partial charge in [-0.05, 0) is 44.0 Å². The molecule has 0 aromatic rings. The minimum absolute atomic E-state index is 0.523. The fourth-order valence-electron chi connectivity index (χ4n) is 2.60. The van der Waals surface area contributed by atoms with Crippen LogP contribution >= 0.6 is 11.8 Å². The third-order valence-electron chi connectivity index (χ3n) is 3.71. The normalized spacial score (nSPS) is 28.6. The maximum absolute atomic E-state index is 11.0. The van der Waals surface area contributed by atoms with E-state index in [1.54, 1.807) is 0 Å². The van der Waals surface area contributed by atoms with Crippen molar-refractivity contribution in [3.05, 3.63) is 0 Å². The van der Waals surface area contributed by atoms with Gasteiger partial charge in [0, 0.05) is 18.3 Å². The highest BCUT2D eigenvalue weighted by Crippen LogP contribution is 2.26. The molecular weight excluding hydrogens is 256 g/mol. The lowest BCUT2D eigenvalue weighted by molar-refractivity contribution is 0.145. The third kappa shape index (κ3) is 4.43. The molecule has 100 valence electrons. The van der Waals surface area contributed by atoms with Crippen LogP contribution in [0, 0.1) is 5.92 Å². The molecule has 1 atom stereocenters. The van der Waals surface area contributed by atoms with Gasteiger partial charge >= 0.3 is 0 Å². The van der Waals surface area contributed by atoms with E-state index in [-0.39, 0.29) is 0 Å². The van der Waals surface area contributed by atoms with Crippen molar-refractivity contribution >= 4 is 21.8 Å². The molecule has 17 heavy (non-hydrogen) atoms. The van der Waals surface area contributed by atoms with Gasteiger partial charge in [0.25, 0.3) is 0 Å². The van der Waals surface area contributed by atoms with Crippen molar-refractivity contribution in [3.8, 4) is 0 Å². The monoisotopic (exact) mass is 278 g/mol. The van der Waals surface area contributed by atoms with Crippen molar-refractivity contribution in [2.24, 2.45) is 5.92 Å². The zero-order valence-corrected chi connectivity index (χ0v) is 12.0. The van der Waals surface area contributed by atoms with Crippen molar-refractivity contribution in [1.82, 2.24) is 9.62 Å². The first-order valence-electron chi connectivity index (χ1n) is 6.31. The molecule has 2 fully saturated rings. The molecule has 2 aliphatic heterocycles. The summed E-state index contributed by atoms with van der Waals surface area (Å²) >= 11 is 2.06. The molecule has 2 saturated heterocycles. The largest absolute Gasteiger partial charge is 0.300 e. The minimum atomic E-state index is -3.02. The number of piperidine rings is 1. The highest BCUT2D eigenvalue weighted by Gasteiger charge is 2.27. The van der Waals surface area contributed by atoms with Gasteiger partial charge in [-0.15, -0.1) is 0 Å². The Bertz CT molecular complexity index is 331. The van der Waals surface area contributed by atoms with Gasteiger partial charge in [0.05, 0.1) is 6.26 Å². The first-order chi connectivity index (χ1) is 8.04. The lowest BCUT2D eigenvalue weighted by Gasteiger charge is -2.35. The Morgan fingerprint density at radius 3 is 2.53 bits per heavy atom. The number of nitrogens with zero attached hydrogens (tertiary/aromatic N) is 1. The first kappa shape index (κ1) is 13.6. The van der Waals surface area contributed by atoms with Gasteiger partial charge in [-0.3, -0.25) is 4.90 Å². The summed E-state index contributed by atoms with van der Waals surface area (Å²) in [5.41, 5.74) is 0. The lowest BCUT2D eigenvalue weighted by Crippen LogP contribution is -2.43. The molecule has 2 aliphatic rings. The average molecular weight is 278 g/mol. The number of sulfonamides is 1. The number of nitrogens with one attached hydrogen (secondary N) is 1. The van der Waals surface area contributed by atoms with Crippen LogP contribution in [0.4, 0.5) is 0 Å². The van der Waals surface area contributed by atoms with Gasteiger partial charge in [-0.1, -0.05) is 0 Å². The van der Waals surface area contributed by atoms with Crippen LogP contribution in [0.25, 0.3) is 0 Å². The highest BCUT2D eigenvalue weighted by atomic mass is 32.2. The van der Waals surface area contributed by atoms with Crippen LogP contribution in [0.15, 0.2) is 0 Å². The van der Waals surface area contributed by atoms with Gasteiger partial charge < -0.3 is 0 Å². The number of hydrogen-bond donors (Lipinski definition) is 1. The number of rotatable bonds is 4. The second-order valence-electron chi connectivity index (χ2n) is 5.12. The summed E-state index contributed by atoms with van der Waals surface area (Å²) < 4.78 is 24.7. The van der Waals surface area contributed by atoms with Crippen LogP contribution in [0.5, 0.6) is 0 Å². The van der Waals surface area contributed by atoms with Gasteiger partial charge in [0.2, 0.25) is 10.0 Å². The maximum Gasteiger partial charge on any atom is 0.208 e. The SMILES string of the molecule is CS(=O)(=O)NCC1CCN([C@@H]2CCSC2)CC1. The third-order valence-corrected chi connectivity index (χ3v) is 5.54. The molecule has 0 aromatic carbocycles. The van der Waals surface area contributed by atoms with Crippen molar-refractivity contribution in [3.63, 3.8) is 0 Å². The van der Waals surface area contributed by atoms with Gasteiger partial charge in [-0.25, -0.2) is 13.1 Å². The molecule has 0 radical (unpaired) electrons. The summed E-state index contributed by atoms with van der Waals surface area (Å²) in [6.07, 6.45) is 4.82. The molecule has 0 amide bonds. The van der Waals surface area contributed by atoms with Crippen molar-refractivity contribution < 1.29 is 8.42 Å². The van der Waals surface area contributed by atoms with E-state index in [1.807, 2.05) is 0 Å². The van der Waals surface area contributed by atoms with Crippen LogP contribution in [-0.2, 0) is 10.0 Å². The summed E-state index contributed by atoms with van der Waals surface area (Å²) in [5, 5.41) is 0. The molecule has 0 spiro atoms. The van der Waals surface area contributed by atoms with Gasteiger partial charge in [0.15, 0.2) is 0 Å². The Labute approximate surface area is 109 Å².